The summed E-state index contributed by atoms with van der Waals surface area (Å²) >= 11 is 3.71. The highest BCUT2D eigenvalue weighted by atomic mass is 79.9. The van der Waals surface area contributed by atoms with Crippen molar-refractivity contribution >= 4 is 27.7 Å². The van der Waals surface area contributed by atoms with Crippen LogP contribution in [0.25, 0.3) is 5.76 Å². The van der Waals surface area contributed by atoms with Crippen LogP contribution in [0.15, 0.2) is 35.9 Å². The molecule has 4 atom stereocenters. The summed E-state index contributed by atoms with van der Waals surface area (Å²) in [6.45, 7) is 0. The van der Waals surface area contributed by atoms with Crippen LogP contribution >= 0.6 is 15.9 Å². The fourth-order valence-electron chi connectivity index (χ4n) is 3.51. The zero-order chi connectivity index (χ0) is 15.1. The van der Waals surface area contributed by atoms with Crippen molar-refractivity contribution in [1.82, 2.24) is 0 Å². The normalized spacial score (nSPS) is 33.1. The number of benzene rings is 1. The van der Waals surface area contributed by atoms with Gasteiger partial charge >= 0.3 is 5.97 Å². The van der Waals surface area contributed by atoms with Gasteiger partial charge < -0.3 is 9.47 Å². The van der Waals surface area contributed by atoms with Crippen molar-refractivity contribution < 1.29 is 14.3 Å². The van der Waals surface area contributed by atoms with Gasteiger partial charge in [-0.25, -0.2) is 0 Å². The minimum atomic E-state index is -0.116. The van der Waals surface area contributed by atoms with E-state index in [0.717, 1.165) is 37.0 Å². The second kappa shape index (κ2) is 5.73. The van der Waals surface area contributed by atoms with Crippen LogP contribution < -0.4 is 0 Å². The quantitative estimate of drug-likeness (QED) is 0.462. The Balaban J connectivity index is 1.61. The first-order valence-corrected chi connectivity index (χ1v) is 8.92. The minimum Gasteiger partial charge on any atom is -0.485 e. The van der Waals surface area contributed by atoms with E-state index in [1.165, 1.54) is 12.0 Å². The molecule has 0 radical (unpaired) electrons. The molecule has 3 aliphatic rings. The molecule has 2 aliphatic carbocycles. The van der Waals surface area contributed by atoms with E-state index in [2.05, 4.69) is 28.1 Å². The molecule has 2 bridgehead atoms. The fraction of sp³-hybridized carbons (Fsp3) is 0.500. The smallest absolute Gasteiger partial charge is 0.309 e. The van der Waals surface area contributed by atoms with Crippen LogP contribution in [0.2, 0.25) is 0 Å². The molecule has 1 heterocycles. The molecule has 116 valence electrons. The molecule has 0 aromatic heterocycles. The van der Waals surface area contributed by atoms with Gasteiger partial charge in [-0.1, -0.05) is 46.3 Å². The molecule has 4 rings (SSSR count). The molecule has 1 aromatic rings. The summed E-state index contributed by atoms with van der Waals surface area (Å²) in [5.41, 5.74) is 2.51. The van der Waals surface area contributed by atoms with Crippen LogP contribution in [0, 0.1) is 5.92 Å². The number of carbonyl (C=O) groups is 1. The highest BCUT2D eigenvalue weighted by molar-refractivity contribution is 9.09. The van der Waals surface area contributed by atoms with E-state index in [-0.39, 0.29) is 28.9 Å². The predicted molar refractivity (Wildman–Crippen MR) is 87.4 cm³/mol. The third-order valence-electron chi connectivity index (χ3n) is 4.92. The topological polar surface area (TPSA) is 35.5 Å². The fourth-order valence-corrected chi connectivity index (χ4v) is 4.41. The molecule has 3 unspecified atom stereocenters. The van der Waals surface area contributed by atoms with Crippen molar-refractivity contribution in [1.29, 1.82) is 0 Å². The lowest BCUT2D eigenvalue weighted by Crippen LogP contribution is -2.39. The maximum atomic E-state index is 11.8. The van der Waals surface area contributed by atoms with E-state index in [1.54, 1.807) is 0 Å². The Labute approximate surface area is 138 Å². The number of halogens is 1. The van der Waals surface area contributed by atoms with Gasteiger partial charge in [-0.15, -0.1) is 0 Å². The van der Waals surface area contributed by atoms with Crippen molar-refractivity contribution in [2.45, 2.75) is 49.1 Å². The Morgan fingerprint density at radius 3 is 2.64 bits per heavy atom. The third kappa shape index (κ3) is 2.47. The largest absolute Gasteiger partial charge is 0.485 e. The first-order chi connectivity index (χ1) is 10.7. The predicted octanol–water partition coefficient (Wildman–Crippen LogP) is 4.07. The van der Waals surface area contributed by atoms with Gasteiger partial charge in [-0.2, -0.15) is 0 Å². The van der Waals surface area contributed by atoms with E-state index < -0.39 is 0 Å². The highest BCUT2D eigenvalue weighted by Crippen LogP contribution is 2.43. The van der Waals surface area contributed by atoms with E-state index >= 15 is 0 Å². The summed E-state index contributed by atoms with van der Waals surface area (Å²) < 4.78 is 11.9. The molecule has 3 fully saturated rings. The summed E-state index contributed by atoms with van der Waals surface area (Å²) in [6, 6.07) is 10.3. The number of rotatable bonds is 3. The van der Waals surface area contributed by atoms with Gasteiger partial charge in [0.15, 0.2) is 0 Å². The second-order valence-electron chi connectivity index (χ2n) is 6.39. The molecule has 22 heavy (non-hydrogen) atoms. The van der Waals surface area contributed by atoms with Gasteiger partial charge in [0.05, 0.1) is 10.7 Å². The van der Waals surface area contributed by atoms with Crippen molar-refractivity contribution in [3.05, 3.63) is 41.5 Å². The Bertz CT molecular complexity index is 604. The Hall–Kier alpha value is -1.29. The zero-order valence-corrected chi connectivity index (χ0v) is 13.9. The first kappa shape index (κ1) is 14.3. The molecule has 0 N–H and O–H groups in total. The molecular formula is C18H19BrO3. The maximum Gasteiger partial charge on any atom is 0.309 e. The van der Waals surface area contributed by atoms with Crippen molar-refractivity contribution in [2.75, 3.05) is 0 Å². The second-order valence-corrected chi connectivity index (χ2v) is 7.57. The number of alkyl halides is 1. The Morgan fingerprint density at radius 2 is 1.95 bits per heavy atom. The van der Waals surface area contributed by atoms with E-state index in [0.29, 0.717) is 0 Å². The number of hydrogen-bond acceptors (Lipinski definition) is 3. The van der Waals surface area contributed by atoms with Gasteiger partial charge in [-0.3, -0.25) is 4.79 Å². The summed E-state index contributed by atoms with van der Waals surface area (Å²) in [6.07, 6.45) is 4.84. The van der Waals surface area contributed by atoms with Crippen LogP contribution in [0.4, 0.5) is 0 Å². The van der Waals surface area contributed by atoms with Gasteiger partial charge in [0, 0.05) is 12.0 Å². The lowest BCUT2D eigenvalue weighted by Gasteiger charge is -2.34. The molecule has 4 heteroatoms. The van der Waals surface area contributed by atoms with E-state index in [9.17, 15) is 4.79 Å². The van der Waals surface area contributed by atoms with Gasteiger partial charge in [0.2, 0.25) is 0 Å². The lowest BCUT2D eigenvalue weighted by molar-refractivity contribution is -0.145. The molecule has 3 nitrogen and oxygen atoms in total. The lowest BCUT2D eigenvalue weighted by atomic mass is 9.87. The summed E-state index contributed by atoms with van der Waals surface area (Å²) in [4.78, 5) is 12.0. The van der Waals surface area contributed by atoms with Crippen molar-refractivity contribution in [3.8, 4) is 0 Å². The van der Waals surface area contributed by atoms with E-state index in [1.807, 2.05) is 18.2 Å². The summed E-state index contributed by atoms with van der Waals surface area (Å²) in [7, 11) is 0. The van der Waals surface area contributed by atoms with Gasteiger partial charge in [0.25, 0.3) is 0 Å². The van der Waals surface area contributed by atoms with Crippen LogP contribution in [0.1, 0.15) is 37.7 Å². The average Bonchev–Trinajstić information content (AvgIpc) is 2.77. The molecule has 1 aromatic carbocycles. The van der Waals surface area contributed by atoms with Crippen molar-refractivity contribution in [3.63, 3.8) is 0 Å². The van der Waals surface area contributed by atoms with Crippen molar-refractivity contribution in [2.24, 2.45) is 5.92 Å². The number of ether oxygens (including phenoxy) is 2. The van der Waals surface area contributed by atoms with E-state index in [4.69, 9.17) is 9.47 Å². The number of esters is 1. The number of hydrogen-bond donors (Lipinski definition) is 0. The zero-order valence-electron chi connectivity index (χ0n) is 12.3. The molecule has 0 spiro atoms. The van der Waals surface area contributed by atoms with Crippen LogP contribution in [0.3, 0.4) is 0 Å². The number of fused-ring (bicyclic) bond motifs is 2. The van der Waals surface area contributed by atoms with Crippen LogP contribution in [-0.4, -0.2) is 23.0 Å². The molecule has 2 saturated carbocycles. The molecular weight excluding hydrogens is 344 g/mol. The summed E-state index contributed by atoms with van der Waals surface area (Å²) in [5.74, 6) is 0.992. The van der Waals surface area contributed by atoms with Gasteiger partial charge in [-0.05, 0) is 31.3 Å². The number of carbonyl (C=O) groups excluding carboxylic acids is 1. The average molecular weight is 363 g/mol. The monoisotopic (exact) mass is 362 g/mol. The van der Waals surface area contributed by atoms with Crippen LogP contribution in [-0.2, 0) is 14.3 Å². The first-order valence-electron chi connectivity index (χ1n) is 8.01. The maximum absolute atomic E-state index is 11.8. The Morgan fingerprint density at radius 1 is 1.18 bits per heavy atom. The van der Waals surface area contributed by atoms with Gasteiger partial charge in [0.1, 0.15) is 18.0 Å². The molecule has 1 aliphatic heterocycles. The standard InChI is InChI=1S/C18H19BrO3/c19-14-9-13-10-15(21-18(13)20)17(14)22-16(12-7-4-8-12)11-5-2-1-3-6-11/h1-3,5-6,13-15,17H,4,7-10H2/t13?,14?,15?,17-/m1/s1. The highest BCUT2D eigenvalue weighted by Gasteiger charge is 2.49. The third-order valence-corrected chi connectivity index (χ3v) is 5.81. The minimum absolute atomic E-state index is 0.0470. The molecule has 1 saturated heterocycles. The number of allylic oxidation sites excluding steroid dienone is 1. The Kier molecular flexibility index (Phi) is 3.73. The summed E-state index contributed by atoms with van der Waals surface area (Å²) in [5, 5.41) is 0. The van der Waals surface area contributed by atoms with Crippen LogP contribution in [0.5, 0.6) is 0 Å². The molecule has 0 amide bonds. The SMILES string of the molecule is O=C1OC2CC1CC(Br)[C@H]2OC(=C1CCC1)c1ccccc1.